The van der Waals surface area contributed by atoms with Crippen molar-refractivity contribution in [1.82, 2.24) is 10.0 Å². The lowest BCUT2D eigenvalue weighted by molar-refractivity contribution is -0.139. The van der Waals surface area contributed by atoms with E-state index in [0.717, 1.165) is 12.7 Å². The van der Waals surface area contributed by atoms with Crippen molar-refractivity contribution in [1.29, 1.82) is 0 Å². The fraction of sp³-hybridized carbons (Fsp3) is 0.833. The molecule has 2 aliphatic rings. The van der Waals surface area contributed by atoms with E-state index in [1.165, 1.54) is 0 Å². The molecule has 0 aromatic carbocycles. The van der Waals surface area contributed by atoms with Gasteiger partial charge in [0.15, 0.2) is 0 Å². The third-order valence-electron chi connectivity index (χ3n) is 6.30. The van der Waals surface area contributed by atoms with Crippen molar-refractivity contribution >= 4 is 37.6 Å². The number of ketones is 1. The maximum atomic E-state index is 12.6. The Hall–Kier alpha value is -1.57. The normalized spacial score (nSPS) is 25.5. The average molecular weight is 485 g/mol. The molecule has 31 heavy (non-hydrogen) atoms. The van der Waals surface area contributed by atoms with Crippen LogP contribution in [0.5, 0.6) is 0 Å². The number of fused-ring (bicyclic) bond motifs is 2. The standard InChI is InChI=1S/C15H25NO7S2.C3H7NO2/c1-14(2)10-4-6-15(14,12(17)8-10)9-25(22,23)16-11(13(18)19)5-7-24(3,20)21;1-4-2-3(5)6/h10-11,16H,4-9H2,1-3H3,(H,18,19);4H,2H2,1H3,(H,5,6)/t10?,11-,15?;/m0./s1. The summed E-state index contributed by atoms with van der Waals surface area (Å²) in [5.74, 6) is -3.09. The number of carbonyl (C=O) groups is 3. The van der Waals surface area contributed by atoms with Gasteiger partial charge >= 0.3 is 11.9 Å². The zero-order valence-electron chi connectivity index (χ0n) is 18.2. The van der Waals surface area contributed by atoms with Gasteiger partial charge in [0, 0.05) is 18.1 Å². The fourth-order valence-electron chi connectivity index (χ4n) is 4.41. The number of sulfone groups is 1. The second-order valence-corrected chi connectivity index (χ2v) is 12.8. The second kappa shape index (κ2) is 9.92. The summed E-state index contributed by atoms with van der Waals surface area (Å²) in [6.45, 7) is 3.83. The highest BCUT2D eigenvalue weighted by Crippen LogP contribution is 2.64. The fourth-order valence-corrected chi connectivity index (χ4v) is 7.13. The molecule has 2 rings (SSSR count). The zero-order valence-corrected chi connectivity index (χ0v) is 19.8. The molecule has 2 unspecified atom stereocenters. The van der Waals surface area contributed by atoms with Gasteiger partial charge in [-0.15, -0.1) is 0 Å². The topological polar surface area (TPSA) is 184 Å². The number of rotatable bonds is 10. The van der Waals surface area contributed by atoms with E-state index in [1.807, 2.05) is 13.8 Å². The highest BCUT2D eigenvalue weighted by Gasteiger charge is 2.65. The van der Waals surface area contributed by atoms with Gasteiger partial charge in [0.1, 0.15) is 21.7 Å². The Balaban J connectivity index is 0.000000703. The molecule has 4 N–H and O–H groups in total. The SMILES string of the molecule is CC1(C)C2CCC1(CS(=O)(=O)N[C@@H](CCS(C)(=O)=O)C(=O)O)C(=O)C2.CNCC(=O)O. The summed E-state index contributed by atoms with van der Waals surface area (Å²) in [4.78, 5) is 33.3. The van der Waals surface area contributed by atoms with E-state index in [-0.39, 0.29) is 24.7 Å². The van der Waals surface area contributed by atoms with Crippen molar-refractivity contribution in [2.75, 3.05) is 31.4 Å². The number of Topliss-reactive ketones (excluding diaryl/α,β-unsaturated/α-hetero) is 1. The highest BCUT2D eigenvalue weighted by molar-refractivity contribution is 7.90. The largest absolute Gasteiger partial charge is 0.480 e. The molecule has 3 atom stereocenters. The predicted molar refractivity (Wildman–Crippen MR) is 113 cm³/mol. The molecule has 2 aliphatic carbocycles. The van der Waals surface area contributed by atoms with Crippen LogP contribution >= 0.6 is 0 Å². The van der Waals surface area contributed by atoms with Crippen molar-refractivity contribution in [2.45, 2.75) is 45.6 Å². The lowest BCUT2D eigenvalue weighted by Crippen LogP contribution is -2.49. The Morgan fingerprint density at radius 3 is 2.10 bits per heavy atom. The first-order valence-corrected chi connectivity index (χ1v) is 13.5. The molecule has 2 fully saturated rings. The Bertz CT molecular complexity index is 912. The number of nitrogens with one attached hydrogen (secondary N) is 2. The summed E-state index contributed by atoms with van der Waals surface area (Å²) < 4.78 is 49.7. The molecule has 0 saturated heterocycles. The van der Waals surface area contributed by atoms with Gasteiger partial charge in [-0.2, -0.15) is 0 Å². The summed E-state index contributed by atoms with van der Waals surface area (Å²) in [6.07, 6.45) is 2.22. The van der Waals surface area contributed by atoms with Crippen LogP contribution in [0.2, 0.25) is 0 Å². The number of carboxylic acid groups (broad SMARTS) is 2. The van der Waals surface area contributed by atoms with Gasteiger partial charge in [0.2, 0.25) is 10.0 Å². The number of sulfonamides is 1. The van der Waals surface area contributed by atoms with Gasteiger partial charge < -0.3 is 15.5 Å². The lowest BCUT2D eigenvalue weighted by Gasteiger charge is -2.36. The summed E-state index contributed by atoms with van der Waals surface area (Å²) >= 11 is 0. The molecule has 0 aliphatic heterocycles. The lowest BCUT2D eigenvalue weighted by atomic mass is 9.70. The Kier molecular flexibility index (Phi) is 8.79. The van der Waals surface area contributed by atoms with Crippen LogP contribution in [0.1, 0.15) is 39.5 Å². The molecule has 0 spiro atoms. The van der Waals surface area contributed by atoms with E-state index in [9.17, 15) is 36.3 Å². The first-order valence-electron chi connectivity index (χ1n) is 9.77. The minimum atomic E-state index is -4.07. The maximum Gasteiger partial charge on any atom is 0.321 e. The molecule has 0 aromatic rings. The monoisotopic (exact) mass is 484 g/mol. The van der Waals surface area contributed by atoms with Gasteiger partial charge in [0.05, 0.1) is 18.1 Å². The van der Waals surface area contributed by atoms with Gasteiger partial charge in [0.25, 0.3) is 0 Å². The molecule has 180 valence electrons. The molecular formula is C18H32N2O9S2. The van der Waals surface area contributed by atoms with Crippen LogP contribution in [-0.2, 0) is 34.2 Å². The number of aliphatic carboxylic acids is 2. The third kappa shape index (κ3) is 6.96. The van der Waals surface area contributed by atoms with Gasteiger partial charge in [-0.3, -0.25) is 14.4 Å². The number of carboxylic acids is 2. The molecule has 2 bridgehead atoms. The van der Waals surface area contributed by atoms with E-state index >= 15 is 0 Å². The van der Waals surface area contributed by atoms with Gasteiger partial charge in [-0.1, -0.05) is 13.8 Å². The molecule has 2 saturated carbocycles. The third-order valence-corrected chi connectivity index (χ3v) is 8.79. The Labute approximate surface area is 182 Å². The number of hydrogen-bond acceptors (Lipinski definition) is 8. The van der Waals surface area contributed by atoms with Crippen LogP contribution in [0, 0.1) is 16.7 Å². The van der Waals surface area contributed by atoms with E-state index in [2.05, 4.69) is 10.0 Å². The van der Waals surface area contributed by atoms with E-state index < -0.39 is 60.2 Å². The van der Waals surface area contributed by atoms with Crippen LogP contribution in [0.4, 0.5) is 0 Å². The van der Waals surface area contributed by atoms with E-state index in [1.54, 1.807) is 7.05 Å². The van der Waals surface area contributed by atoms with Crippen LogP contribution < -0.4 is 10.0 Å². The number of likely N-dealkylation sites (N-methyl/N-ethyl adjacent to an activating group) is 1. The van der Waals surface area contributed by atoms with Gasteiger partial charge in [-0.05, 0) is 37.6 Å². The summed E-state index contributed by atoms with van der Waals surface area (Å²) in [5, 5.41) is 19.5. The molecule has 0 heterocycles. The molecule has 0 radical (unpaired) electrons. The first-order chi connectivity index (χ1) is 14.0. The van der Waals surface area contributed by atoms with E-state index in [4.69, 9.17) is 5.11 Å². The Morgan fingerprint density at radius 1 is 1.19 bits per heavy atom. The summed E-state index contributed by atoms with van der Waals surface area (Å²) in [6, 6.07) is -1.53. The summed E-state index contributed by atoms with van der Waals surface area (Å²) in [7, 11) is -5.90. The molecule has 0 amide bonds. The average Bonchev–Trinajstić information content (AvgIpc) is 2.91. The molecular weight excluding hydrogens is 452 g/mol. The molecule has 13 heteroatoms. The van der Waals surface area contributed by atoms with Crippen molar-refractivity contribution in [3.63, 3.8) is 0 Å². The molecule has 11 nitrogen and oxygen atoms in total. The highest BCUT2D eigenvalue weighted by atomic mass is 32.2. The predicted octanol–water partition coefficient (Wildman–Crippen LogP) is -0.520. The van der Waals surface area contributed by atoms with Crippen LogP contribution in [0.3, 0.4) is 0 Å². The van der Waals surface area contributed by atoms with Crippen molar-refractivity contribution in [3.05, 3.63) is 0 Å². The smallest absolute Gasteiger partial charge is 0.321 e. The van der Waals surface area contributed by atoms with Crippen LogP contribution in [0.15, 0.2) is 0 Å². The van der Waals surface area contributed by atoms with Crippen LogP contribution in [-0.4, -0.2) is 82.2 Å². The second-order valence-electron chi connectivity index (χ2n) is 8.78. The quantitative estimate of drug-likeness (QED) is 0.314. The van der Waals surface area contributed by atoms with Crippen LogP contribution in [0.25, 0.3) is 0 Å². The van der Waals surface area contributed by atoms with Crippen molar-refractivity contribution in [2.24, 2.45) is 16.7 Å². The zero-order chi connectivity index (χ0) is 24.3. The Morgan fingerprint density at radius 2 is 1.77 bits per heavy atom. The minimum absolute atomic E-state index is 0.0417. The summed E-state index contributed by atoms with van der Waals surface area (Å²) in [5.41, 5.74) is -1.45. The van der Waals surface area contributed by atoms with E-state index in [0.29, 0.717) is 12.8 Å². The maximum absolute atomic E-state index is 12.6. The number of hydrogen-bond donors (Lipinski definition) is 4. The first kappa shape index (κ1) is 27.5. The van der Waals surface area contributed by atoms with Crippen molar-refractivity contribution in [3.8, 4) is 0 Å². The van der Waals surface area contributed by atoms with Gasteiger partial charge in [-0.25, -0.2) is 21.6 Å². The number of carbonyl (C=O) groups excluding carboxylic acids is 1. The molecule has 0 aromatic heterocycles. The van der Waals surface area contributed by atoms with Crippen molar-refractivity contribution < 1.29 is 41.4 Å². The minimum Gasteiger partial charge on any atom is -0.480 e.